The van der Waals surface area contributed by atoms with Gasteiger partial charge >= 0.3 is 0 Å². The highest BCUT2D eigenvalue weighted by atomic mass is 16.5. The lowest BCUT2D eigenvalue weighted by Crippen LogP contribution is -2.24. The van der Waals surface area contributed by atoms with Gasteiger partial charge in [0.1, 0.15) is 23.0 Å². The van der Waals surface area contributed by atoms with E-state index < -0.39 is 0 Å². The third kappa shape index (κ3) is 3.40. The molecule has 0 fully saturated rings. The van der Waals surface area contributed by atoms with Crippen LogP contribution in [-0.4, -0.2) is 26.0 Å². The summed E-state index contributed by atoms with van der Waals surface area (Å²) in [5.41, 5.74) is 4.02. The number of aliphatic imine (C=N–C) groups is 1. The first-order chi connectivity index (χ1) is 12.0. The molecule has 3 rings (SSSR count). The normalized spacial score (nSPS) is 15.1. The summed E-state index contributed by atoms with van der Waals surface area (Å²) in [7, 11) is 3.21. The van der Waals surface area contributed by atoms with Crippen molar-refractivity contribution in [2.45, 2.75) is 13.8 Å². The van der Waals surface area contributed by atoms with E-state index in [1.807, 2.05) is 50.2 Å². The van der Waals surface area contributed by atoms with Crippen LogP contribution in [0, 0.1) is 13.8 Å². The van der Waals surface area contributed by atoms with E-state index >= 15 is 0 Å². The second kappa shape index (κ2) is 6.81. The van der Waals surface area contributed by atoms with Crippen LogP contribution in [0.25, 0.3) is 6.08 Å². The van der Waals surface area contributed by atoms with E-state index in [2.05, 4.69) is 10.3 Å². The first kappa shape index (κ1) is 16.8. The molecule has 0 saturated heterocycles. The molecule has 128 valence electrons. The second-order valence-corrected chi connectivity index (χ2v) is 5.88. The van der Waals surface area contributed by atoms with Crippen LogP contribution >= 0.6 is 0 Å². The molecule has 5 heteroatoms. The lowest BCUT2D eigenvalue weighted by atomic mass is 10.1. The lowest BCUT2D eigenvalue weighted by molar-refractivity contribution is -0.115. The highest BCUT2D eigenvalue weighted by Crippen LogP contribution is 2.30. The Bertz CT molecular complexity index is 898. The van der Waals surface area contributed by atoms with Crippen molar-refractivity contribution in [3.63, 3.8) is 0 Å². The number of hydrogen-bond acceptors (Lipinski definition) is 4. The molecule has 1 aliphatic heterocycles. The number of ether oxygens (including phenoxy) is 2. The average Bonchev–Trinajstić information content (AvgIpc) is 2.97. The minimum atomic E-state index is -0.238. The van der Waals surface area contributed by atoms with Crippen molar-refractivity contribution in [2.75, 3.05) is 14.2 Å². The summed E-state index contributed by atoms with van der Waals surface area (Å²) >= 11 is 0. The monoisotopic (exact) mass is 336 g/mol. The summed E-state index contributed by atoms with van der Waals surface area (Å²) in [5.74, 6) is 1.71. The summed E-state index contributed by atoms with van der Waals surface area (Å²) in [6.07, 6.45) is 1.71. The van der Waals surface area contributed by atoms with E-state index in [4.69, 9.17) is 9.47 Å². The maximum Gasteiger partial charge on any atom is 0.275 e. The highest BCUT2D eigenvalue weighted by molar-refractivity contribution is 6.19. The van der Waals surface area contributed by atoms with Crippen LogP contribution in [0.2, 0.25) is 0 Å². The SMILES string of the molecule is COc1cc(/C=C2/N=C(c3cccc(C)c3)NC2=O)c(OC)cc1C. The van der Waals surface area contributed by atoms with Gasteiger partial charge in [-0.2, -0.15) is 0 Å². The van der Waals surface area contributed by atoms with Crippen molar-refractivity contribution >= 4 is 17.8 Å². The summed E-state index contributed by atoms with van der Waals surface area (Å²) in [6, 6.07) is 11.6. The van der Waals surface area contributed by atoms with Crippen LogP contribution in [0.5, 0.6) is 11.5 Å². The number of nitrogens with one attached hydrogen (secondary N) is 1. The predicted molar refractivity (Wildman–Crippen MR) is 98.1 cm³/mol. The fourth-order valence-electron chi connectivity index (χ4n) is 2.73. The van der Waals surface area contributed by atoms with E-state index in [0.29, 0.717) is 17.3 Å². The van der Waals surface area contributed by atoms with Crippen LogP contribution < -0.4 is 14.8 Å². The van der Waals surface area contributed by atoms with E-state index in [9.17, 15) is 4.79 Å². The Morgan fingerprint density at radius 1 is 1.04 bits per heavy atom. The molecule has 1 N–H and O–H groups in total. The van der Waals surface area contributed by atoms with Crippen LogP contribution in [0.4, 0.5) is 0 Å². The van der Waals surface area contributed by atoms with Gasteiger partial charge in [-0.25, -0.2) is 4.99 Å². The zero-order valence-electron chi connectivity index (χ0n) is 14.7. The zero-order chi connectivity index (χ0) is 18.0. The van der Waals surface area contributed by atoms with Gasteiger partial charge in [-0.3, -0.25) is 4.79 Å². The molecule has 0 unspecified atom stereocenters. The predicted octanol–water partition coefficient (Wildman–Crippen LogP) is 3.24. The van der Waals surface area contributed by atoms with Gasteiger partial charge in [-0.15, -0.1) is 0 Å². The van der Waals surface area contributed by atoms with Crippen LogP contribution in [0.1, 0.15) is 22.3 Å². The molecule has 5 nitrogen and oxygen atoms in total. The number of amides is 1. The lowest BCUT2D eigenvalue weighted by Gasteiger charge is -2.10. The highest BCUT2D eigenvalue weighted by Gasteiger charge is 2.22. The number of nitrogens with zero attached hydrogens (tertiary/aromatic N) is 1. The Morgan fingerprint density at radius 3 is 2.48 bits per heavy atom. The summed E-state index contributed by atoms with van der Waals surface area (Å²) in [4.78, 5) is 16.8. The van der Waals surface area contributed by atoms with Crippen molar-refractivity contribution in [3.8, 4) is 11.5 Å². The van der Waals surface area contributed by atoms with Crippen molar-refractivity contribution in [1.82, 2.24) is 5.32 Å². The number of aryl methyl sites for hydroxylation is 2. The molecule has 1 heterocycles. The van der Waals surface area contributed by atoms with Crippen molar-refractivity contribution < 1.29 is 14.3 Å². The van der Waals surface area contributed by atoms with E-state index in [-0.39, 0.29) is 5.91 Å². The average molecular weight is 336 g/mol. The van der Waals surface area contributed by atoms with Gasteiger partial charge in [0.15, 0.2) is 0 Å². The van der Waals surface area contributed by atoms with Crippen LogP contribution in [0.15, 0.2) is 47.1 Å². The van der Waals surface area contributed by atoms with Gasteiger partial charge in [0, 0.05) is 11.1 Å². The fourth-order valence-corrected chi connectivity index (χ4v) is 2.73. The third-order valence-electron chi connectivity index (χ3n) is 4.03. The molecular weight excluding hydrogens is 316 g/mol. The van der Waals surface area contributed by atoms with Crippen molar-refractivity contribution in [1.29, 1.82) is 0 Å². The molecule has 1 amide bonds. The Balaban J connectivity index is 2.02. The largest absolute Gasteiger partial charge is 0.496 e. The van der Waals surface area contributed by atoms with Gasteiger partial charge in [0.05, 0.1) is 14.2 Å². The Morgan fingerprint density at radius 2 is 1.80 bits per heavy atom. The maximum atomic E-state index is 12.3. The number of benzene rings is 2. The second-order valence-electron chi connectivity index (χ2n) is 5.88. The number of rotatable bonds is 4. The standard InChI is InChI=1S/C20H20N2O3/c1-12-6-5-7-14(8-12)19-21-16(20(23)22-19)10-15-11-17(24-3)13(2)9-18(15)25-4/h5-11H,1-4H3,(H,21,22,23)/b16-10+. The first-order valence-electron chi connectivity index (χ1n) is 7.93. The van der Waals surface area contributed by atoms with Gasteiger partial charge in [-0.1, -0.05) is 23.8 Å². The zero-order valence-corrected chi connectivity index (χ0v) is 14.7. The van der Waals surface area contributed by atoms with E-state index in [1.54, 1.807) is 20.3 Å². The van der Waals surface area contributed by atoms with Gasteiger partial charge in [0.25, 0.3) is 5.91 Å². The van der Waals surface area contributed by atoms with Gasteiger partial charge in [0.2, 0.25) is 0 Å². The summed E-state index contributed by atoms with van der Waals surface area (Å²) in [5, 5.41) is 2.82. The first-order valence-corrected chi connectivity index (χ1v) is 7.93. The smallest absolute Gasteiger partial charge is 0.275 e. The molecule has 0 aromatic heterocycles. The van der Waals surface area contributed by atoms with Crippen LogP contribution in [0.3, 0.4) is 0 Å². The Kier molecular flexibility index (Phi) is 4.57. The van der Waals surface area contributed by atoms with Crippen molar-refractivity contribution in [3.05, 3.63) is 64.3 Å². The molecule has 0 radical (unpaired) electrons. The molecule has 0 saturated carbocycles. The topological polar surface area (TPSA) is 59.9 Å². The number of carbonyl (C=O) groups is 1. The minimum absolute atomic E-state index is 0.238. The third-order valence-corrected chi connectivity index (χ3v) is 4.03. The fraction of sp³-hybridized carbons (Fsp3) is 0.200. The summed E-state index contributed by atoms with van der Waals surface area (Å²) < 4.78 is 10.8. The number of carbonyl (C=O) groups excluding carboxylic acids is 1. The number of amidine groups is 1. The number of methoxy groups -OCH3 is 2. The molecule has 0 atom stereocenters. The molecule has 2 aromatic rings. The number of hydrogen-bond donors (Lipinski definition) is 1. The van der Waals surface area contributed by atoms with Crippen LogP contribution in [-0.2, 0) is 4.79 Å². The Labute approximate surface area is 147 Å². The quantitative estimate of drug-likeness (QED) is 0.872. The van der Waals surface area contributed by atoms with E-state index in [0.717, 1.165) is 28.0 Å². The van der Waals surface area contributed by atoms with Crippen molar-refractivity contribution in [2.24, 2.45) is 4.99 Å². The molecule has 25 heavy (non-hydrogen) atoms. The minimum Gasteiger partial charge on any atom is -0.496 e. The molecule has 2 aromatic carbocycles. The van der Waals surface area contributed by atoms with Gasteiger partial charge in [-0.05, 0) is 43.7 Å². The maximum absolute atomic E-state index is 12.3. The Hall–Kier alpha value is -3.08. The molecule has 0 spiro atoms. The van der Waals surface area contributed by atoms with Gasteiger partial charge < -0.3 is 14.8 Å². The molecular formula is C20H20N2O3. The molecule has 0 aliphatic carbocycles. The molecule has 0 bridgehead atoms. The molecule has 1 aliphatic rings. The van der Waals surface area contributed by atoms with E-state index in [1.165, 1.54) is 0 Å². The summed E-state index contributed by atoms with van der Waals surface area (Å²) in [6.45, 7) is 3.94.